The van der Waals surface area contributed by atoms with Crippen LogP contribution in [-0.4, -0.2) is 30.1 Å². The maximum absolute atomic E-state index is 6.03. The summed E-state index contributed by atoms with van der Waals surface area (Å²) in [5, 5.41) is 0. The minimum absolute atomic E-state index is 0.124. The Hall–Kier alpha value is -1.06. The van der Waals surface area contributed by atoms with Crippen molar-refractivity contribution in [1.29, 1.82) is 0 Å². The Morgan fingerprint density at radius 1 is 1.30 bits per heavy atom. The zero-order chi connectivity index (χ0) is 15.3. The topological polar surface area (TPSA) is 38.5 Å². The van der Waals surface area contributed by atoms with Gasteiger partial charge in [-0.05, 0) is 58.9 Å². The van der Waals surface area contributed by atoms with Crippen LogP contribution in [0, 0.1) is 0 Å². The maximum Gasteiger partial charge on any atom is 0.120 e. The average Bonchev–Trinajstić information content (AvgIpc) is 2.39. The number of nitrogens with two attached hydrogens (primary N) is 1. The van der Waals surface area contributed by atoms with Crippen molar-refractivity contribution < 1.29 is 4.74 Å². The van der Waals surface area contributed by atoms with Crippen molar-refractivity contribution in [3.63, 3.8) is 0 Å². The molecule has 0 radical (unpaired) electrons. The summed E-state index contributed by atoms with van der Waals surface area (Å²) in [7, 11) is 2.15. The van der Waals surface area contributed by atoms with E-state index in [9.17, 15) is 0 Å². The first kappa shape index (κ1) is 17.0. The molecule has 0 fully saturated rings. The van der Waals surface area contributed by atoms with Gasteiger partial charge in [0.15, 0.2) is 0 Å². The average molecular weight is 278 g/mol. The van der Waals surface area contributed by atoms with Crippen LogP contribution in [0.2, 0.25) is 0 Å². The molecule has 0 bridgehead atoms. The van der Waals surface area contributed by atoms with Crippen LogP contribution in [0.4, 0.5) is 0 Å². The van der Waals surface area contributed by atoms with Crippen molar-refractivity contribution in [3.8, 4) is 5.75 Å². The van der Waals surface area contributed by atoms with Gasteiger partial charge in [-0.25, -0.2) is 0 Å². The van der Waals surface area contributed by atoms with Crippen LogP contribution in [0.25, 0.3) is 0 Å². The summed E-state index contributed by atoms with van der Waals surface area (Å²) >= 11 is 0. The van der Waals surface area contributed by atoms with Crippen LogP contribution in [0.15, 0.2) is 24.3 Å². The molecule has 0 aliphatic carbocycles. The van der Waals surface area contributed by atoms with Gasteiger partial charge in [0.1, 0.15) is 5.75 Å². The van der Waals surface area contributed by atoms with E-state index in [4.69, 9.17) is 10.5 Å². The highest BCUT2D eigenvalue weighted by Crippen LogP contribution is 2.29. The van der Waals surface area contributed by atoms with Crippen molar-refractivity contribution in [1.82, 2.24) is 4.90 Å². The van der Waals surface area contributed by atoms with E-state index in [-0.39, 0.29) is 17.7 Å². The second kappa shape index (κ2) is 7.09. The molecule has 1 aromatic carbocycles. The molecular formula is C17H30N2O. The van der Waals surface area contributed by atoms with Gasteiger partial charge < -0.3 is 10.5 Å². The van der Waals surface area contributed by atoms with Crippen molar-refractivity contribution in [3.05, 3.63) is 29.8 Å². The Morgan fingerprint density at radius 3 is 2.45 bits per heavy atom. The minimum atomic E-state index is 0.124. The molecule has 0 aliphatic rings. The van der Waals surface area contributed by atoms with Crippen LogP contribution in [0.1, 0.15) is 52.6 Å². The first-order valence-corrected chi connectivity index (χ1v) is 7.51. The predicted octanol–water partition coefficient (Wildman–Crippen LogP) is 3.59. The normalized spacial score (nSPS) is 13.8. The molecule has 20 heavy (non-hydrogen) atoms. The molecule has 1 rings (SSSR count). The zero-order valence-electron chi connectivity index (χ0n) is 13.8. The number of ether oxygens (including phenoxy) is 1. The standard InChI is InChI=1S/C17H30N2O/c1-7-17(4,5)19(6)16(12-18)14-9-8-10-15(11-14)20-13(2)3/h8-11,13,16H,7,12,18H2,1-6H3. The van der Waals surface area contributed by atoms with E-state index in [0.29, 0.717) is 6.54 Å². The van der Waals surface area contributed by atoms with Crippen LogP contribution >= 0.6 is 0 Å². The lowest BCUT2D eigenvalue weighted by Crippen LogP contribution is -2.45. The lowest BCUT2D eigenvalue weighted by molar-refractivity contribution is 0.100. The number of hydrogen-bond donors (Lipinski definition) is 1. The third kappa shape index (κ3) is 4.22. The fourth-order valence-corrected chi connectivity index (χ4v) is 2.26. The Bertz CT molecular complexity index is 415. The van der Waals surface area contributed by atoms with E-state index >= 15 is 0 Å². The SMILES string of the molecule is CCC(C)(C)N(C)C(CN)c1cccc(OC(C)C)c1. The van der Waals surface area contributed by atoms with E-state index in [1.807, 2.05) is 26.0 Å². The predicted molar refractivity (Wildman–Crippen MR) is 86.1 cm³/mol. The van der Waals surface area contributed by atoms with Gasteiger partial charge in [-0.1, -0.05) is 19.1 Å². The molecule has 0 aliphatic heterocycles. The third-order valence-electron chi connectivity index (χ3n) is 4.13. The summed E-state index contributed by atoms with van der Waals surface area (Å²) in [5.74, 6) is 0.915. The summed E-state index contributed by atoms with van der Waals surface area (Å²) in [6.07, 6.45) is 1.27. The summed E-state index contributed by atoms with van der Waals surface area (Å²) < 4.78 is 5.78. The van der Waals surface area contributed by atoms with Crippen LogP contribution in [0.3, 0.4) is 0 Å². The smallest absolute Gasteiger partial charge is 0.120 e. The number of benzene rings is 1. The van der Waals surface area contributed by atoms with Crippen molar-refractivity contribution in [2.75, 3.05) is 13.6 Å². The van der Waals surface area contributed by atoms with Gasteiger partial charge in [0.05, 0.1) is 6.10 Å². The van der Waals surface area contributed by atoms with Gasteiger partial charge in [-0.15, -0.1) is 0 Å². The quantitative estimate of drug-likeness (QED) is 0.828. The molecule has 0 aromatic heterocycles. The van der Waals surface area contributed by atoms with Crippen molar-refractivity contribution in [2.24, 2.45) is 5.73 Å². The van der Waals surface area contributed by atoms with Gasteiger partial charge in [0.2, 0.25) is 0 Å². The molecule has 2 N–H and O–H groups in total. The lowest BCUT2D eigenvalue weighted by Gasteiger charge is -2.40. The van der Waals surface area contributed by atoms with Gasteiger partial charge in [0.25, 0.3) is 0 Å². The molecule has 0 heterocycles. The van der Waals surface area contributed by atoms with E-state index in [1.165, 1.54) is 5.56 Å². The highest BCUT2D eigenvalue weighted by atomic mass is 16.5. The van der Waals surface area contributed by atoms with Crippen molar-refractivity contribution in [2.45, 2.75) is 58.7 Å². The monoisotopic (exact) mass is 278 g/mol. The van der Waals surface area contributed by atoms with E-state index < -0.39 is 0 Å². The second-order valence-corrected chi connectivity index (χ2v) is 6.27. The van der Waals surface area contributed by atoms with Crippen molar-refractivity contribution >= 4 is 0 Å². The summed E-state index contributed by atoms with van der Waals surface area (Å²) in [4.78, 5) is 2.36. The van der Waals surface area contributed by atoms with Gasteiger partial charge in [0, 0.05) is 18.1 Å². The molecular weight excluding hydrogens is 248 g/mol. The maximum atomic E-state index is 6.03. The molecule has 0 saturated carbocycles. The molecule has 114 valence electrons. The molecule has 3 heteroatoms. The largest absolute Gasteiger partial charge is 0.491 e. The molecule has 0 amide bonds. The van der Waals surface area contributed by atoms with Crippen LogP contribution in [-0.2, 0) is 0 Å². The van der Waals surface area contributed by atoms with E-state index in [0.717, 1.165) is 12.2 Å². The Kier molecular flexibility index (Phi) is 6.03. The highest BCUT2D eigenvalue weighted by Gasteiger charge is 2.28. The molecule has 3 nitrogen and oxygen atoms in total. The molecule has 1 unspecified atom stereocenters. The molecule has 1 atom stereocenters. The Balaban J connectivity index is 3.00. The van der Waals surface area contributed by atoms with Crippen LogP contribution in [0.5, 0.6) is 5.75 Å². The molecule has 1 aromatic rings. The summed E-state index contributed by atoms with van der Waals surface area (Å²) in [6.45, 7) is 11.4. The first-order chi connectivity index (χ1) is 9.31. The fraction of sp³-hybridized carbons (Fsp3) is 0.647. The zero-order valence-corrected chi connectivity index (χ0v) is 13.8. The van der Waals surface area contributed by atoms with Gasteiger partial charge in [-0.2, -0.15) is 0 Å². The van der Waals surface area contributed by atoms with E-state index in [2.05, 4.69) is 44.9 Å². The number of likely N-dealkylation sites (N-methyl/N-ethyl adjacent to an activating group) is 1. The Morgan fingerprint density at radius 2 is 1.95 bits per heavy atom. The minimum Gasteiger partial charge on any atom is -0.491 e. The second-order valence-electron chi connectivity index (χ2n) is 6.27. The van der Waals surface area contributed by atoms with Crippen LogP contribution < -0.4 is 10.5 Å². The summed E-state index contributed by atoms with van der Waals surface area (Å²) in [5.41, 5.74) is 7.37. The van der Waals surface area contributed by atoms with Gasteiger partial charge >= 0.3 is 0 Å². The molecule has 0 spiro atoms. The lowest BCUT2D eigenvalue weighted by atomic mass is 9.95. The third-order valence-corrected chi connectivity index (χ3v) is 4.13. The fourth-order valence-electron chi connectivity index (χ4n) is 2.26. The summed E-state index contributed by atoms with van der Waals surface area (Å²) in [6, 6.07) is 8.50. The number of hydrogen-bond acceptors (Lipinski definition) is 3. The highest BCUT2D eigenvalue weighted by molar-refractivity contribution is 5.31. The first-order valence-electron chi connectivity index (χ1n) is 7.51. The van der Waals surface area contributed by atoms with Gasteiger partial charge in [-0.3, -0.25) is 4.90 Å². The number of rotatable bonds is 7. The van der Waals surface area contributed by atoms with E-state index in [1.54, 1.807) is 0 Å². The molecule has 0 saturated heterocycles. The Labute approximate surface area is 124 Å². The number of nitrogens with zero attached hydrogens (tertiary/aromatic N) is 1.